The van der Waals surface area contributed by atoms with E-state index < -0.39 is 5.97 Å². The van der Waals surface area contributed by atoms with Crippen molar-refractivity contribution in [3.63, 3.8) is 0 Å². The smallest absolute Gasteiger partial charge is 0.308 e. The maximum Gasteiger partial charge on any atom is 0.308 e. The number of nitrogens with one attached hydrogen (secondary N) is 1. The van der Waals surface area contributed by atoms with Crippen molar-refractivity contribution in [3.8, 4) is 5.75 Å². The molecule has 31 heavy (non-hydrogen) atoms. The van der Waals surface area contributed by atoms with E-state index in [1.54, 1.807) is 24.3 Å². The van der Waals surface area contributed by atoms with Crippen molar-refractivity contribution >= 4 is 29.4 Å². The number of ether oxygens (including phenoxy) is 1. The minimum Gasteiger partial charge on any atom is -0.427 e. The topological polar surface area (TPSA) is 75.7 Å². The highest BCUT2D eigenvalue weighted by atomic mass is 35.5. The Balaban J connectivity index is 1.41. The van der Waals surface area contributed by atoms with Gasteiger partial charge in [-0.25, -0.2) is 0 Å². The van der Waals surface area contributed by atoms with E-state index in [0.717, 1.165) is 18.4 Å². The lowest BCUT2D eigenvalue weighted by atomic mass is 9.96. The fraction of sp³-hybridized carbons (Fsp3) is 0.375. The Hall–Kier alpha value is -2.86. The minimum atomic E-state index is -0.417. The van der Waals surface area contributed by atoms with E-state index >= 15 is 0 Å². The average Bonchev–Trinajstić information content (AvgIpc) is 2.77. The highest BCUT2D eigenvalue weighted by molar-refractivity contribution is 6.31. The van der Waals surface area contributed by atoms with Crippen molar-refractivity contribution in [2.24, 2.45) is 5.92 Å². The van der Waals surface area contributed by atoms with Crippen molar-refractivity contribution in [3.05, 3.63) is 64.7 Å². The Morgan fingerprint density at radius 3 is 2.55 bits per heavy atom. The number of carbonyl (C=O) groups is 3. The molecule has 0 aliphatic carbocycles. The van der Waals surface area contributed by atoms with Gasteiger partial charge < -0.3 is 15.0 Å². The maximum atomic E-state index is 12.8. The SMILES string of the molecule is CC(=O)Oc1cccc(C(=O)N2CCC(CNC(=O)CCc3ccccc3Cl)CC2)c1. The number of likely N-dealkylation sites (tertiary alicyclic amines) is 1. The number of piperidine rings is 1. The minimum absolute atomic E-state index is 0.0145. The molecule has 3 rings (SSSR count). The van der Waals surface area contributed by atoms with Gasteiger partial charge in [0.1, 0.15) is 5.75 Å². The largest absolute Gasteiger partial charge is 0.427 e. The molecule has 1 fully saturated rings. The molecular weight excluding hydrogens is 416 g/mol. The quantitative estimate of drug-likeness (QED) is 0.521. The molecule has 0 bridgehead atoms. The Labute approximate surface area is 187 Å². The highest BCUT2D eigenvalue weighted by Crippen LogP contribution is 2.21. The molecule has 1 heterocycles. The van der Waals surface area contributed by atoms with Crippen LogP contribution in [0.3, 0.4) is 0 Å². The number of benzene rings is 2. The van der Waals surface area contributed by atoms with E-state index in [4.69, 9.17) is 16.3 Å². The van der Waals surface area contributed by atoms with Gasteiger partial charge in [-0.15, -0.1) is 0 Å². The molecule has 6 nitrogen and oxygen atoms in total. The summed E-state index contributed by atoms with van der Waals surface area (Å²) in [5.41, 5.74) is 1.48. The third kappa shape index (κ3) is 6.82. The number of halogens is 1. The fourth-order valence-electron chi connectivity index (χ4n) is 3.68. The first-order chi connectivity index (χ1) is 14.9. The number of carbonyl (C=O) groups excluding carboxylic acids is 3. The van der Waals surface area contributed by atoms with Crippen LogP contribution < -0.4 is 10.1 Å². The van der Waals surface area contributed by atoms with Gasteiger partial charge in [0.15, 0.2) is 0 Å². The lowest BCUT2D eigenvalue weighted by Crippen LogP contribution is -2.41. The van der Waals surface area contributed by atoms with Crippen LogP contribution in [0, 0.1) is 5.92 Å². The van der Waals surface area contributed by atoms with Gasteiger partial charge in [0.2, 0.25) is 5.91 Å². The van der Waals surface area contributed by atoms with E-state index in [-0.39, 0.29) is 11.8 Å². The van der Waals surface area contributed by atoms with E-state index in [1.807, 2.05) is 29.2 Å². The molecule has 0 atom stereocenters. The molecule has 0 spiro atoms. The number of hydrogen-bond acceptors (Lipinski definition) is 4. The summed E-state index contributed by atoms with van der Waals surface area (Å²) in [6.45, 7) is 3.22. The molecule has 1 aliphatic heterocycles. The highest BCUT2D eigenvalue weighted by Gasteiger charge is 2.24. The van der Waals surface area contributed by atoms with Crippen LogP contribution in [-0.2, 0) is 16.0 Å². The zero-order valence-electron chi connectivity index (χ0n) is 17.6. The van der Waals surface area contributed by atoms with Crippen LogP contribution in [0.25, 0.3) is 0 Å². The van der Waals surface area contributed by atoms with Gasteiger partial charge in [-0.2, -0.15) is 0 Å². The number of amides is 2. The van der Waals surface area contributed by atoms with Crippen molar-refractivity contribution in [1.82, 2.24) is 10.2 Å². The molecule has 2 aromatic carbocycles. The first-order valence-electron chi connectivity index (χ1n) is 10.5. The van der Waals surface area contributed by atoms with Crippen LogP contribution in [0.1, 0.15) is 42.1 Å². The molecule has 1 aliphatic rings. The second kappa shape index (κ2) is 11.0. The van der Waals surface area contributed by atoms with Gasteiger partial charge >= 0.3 is 5.97 Å². The van der Waals surface area contributed by atoms with Crippen LogP contribution in [0.5, 0.6) is 5.75 Å². The Bertz CT molecular complexity index is 939. The third-order valence-corrected chi connectivity index (χ3v) is 5.78. The van der Waals surface area contributed by atoms with Gasteiger partial charge in [-0.3, -0.25) is 14.4 Å². The molecular formula is C24H27ClN2O4. The van der Waals surface area contributed by atoms with Gasteiger partial charge in [0.25, 0.3) is 5.91 Å². The number of aryl methyl sites for hydroxylation is 1. The molecule has 2 aromatic rings. The van der Waals surface area contributed by atoms with Crippen molar-refractivity contribution in [1.29, 1.82) is 0 Å². The number of nitrogens with zero attached hydrogens (tertiary/aromatic N) is 1. The molecule has 164 valence electrons. The van der Waals surface area contributed by atoms with E-state index in [1.165, 1.54) is 6.92 Å². The normalized spacial score (nSPS) is 14.2. The summed E-state index contributed by atoms with van der Waals surface area (Å²) in [6, 6.07) is 14.2. The Kier molecular flexibility index (Phi) is 8.06. The van der Waals surface area contributed by atoms with Gasteiger partial charge in [0.05, 0.1) is 0 Å². The predicted octanol–water partition coefficient (Wildman–Crippen LogP) is 3.87. The molecule has 2 amide bonds. The second-order valence-electron chi connectivity index (χ2n) is 7.75. The fourth-order valence-corrected chi connectivity index (χ4v) is 3.91. The van der Waals surface area contributed by atoms with Gasteiger partial charge in [0, 0.05) is 43.6 Å². The van der Waals surface area contributed by atoms with Crippen LogP contribution in [-0.4, -0.2) is 42.3 Å². The standard InChI is InChI=1S/C24H27ClN2O4/c1-17(28)31-21-7-4-6-20(15-21)24(30)27-13-11-18(12-14-27)16-26-23(29)10-9-19-5-2-3-8-22(19)25/h2-8,15,18H,9-14,16H2,1H3,(H,26,29). The Morgan fingerprint density at radius 2 is 1.84 bits per heavy atom. The van der Waals surface area contributed by atoms with Gasteiger partial charge in [-0.05, 0) is 55.0 Å². The lowest BCUT2D eigenvalue weighted by Gasteiger charge is -2.32. The van der Waals surface area contributed by atoms with Crippen LogP contribution in [0.15, 0.2) is 48.5 Å². The lowest BCUT2D eigenvalue weighted by molar-refractivity contribution is -0.131. The molecule has 1 N–H and O–H groups in total. The molecule has 0 unspecified atom stereocenters. The first kappa shape index (κ1) is 22.8. The van der Waals surface area contributed by atoms with Crippen molar-refractivity contribution in [2.75, 3.05) is 19.6 Å². The summed E-state index contributed by atoms with van der Waals surface area (Å²) in [7, 11) is 0. The zero-order valence-corrected chi connectivity index (χ0v) is 18.4. The van der Waals surface area contributed by atoms with Crippen LogP contribution in [0.4, 0.5) is 0 Å². The number of esters is 1. The monoisotopic (exact) mass is 442 g/mol. The summed E-state index contributed by atoms with van der Waals surface area (Å²) in [4.78, 5) is 37.9. The summed E-state index contributed by atoms with van der Waals surface area (Å²) >= 11 is 6.13. The van der Waals surface area contributed by atoms with E-state index in [0.29, 0.717) is 54.7 Å². The molecule has 0 aromatic heterocycles. The van der Waals surface area contributed by atoms with Crippen molar-refractivity contribution in [2.45, 2.75) is 32.6 Å². The molecule has 0 radical (unpaired) electrons. The maximum absolute atomic E-state index is 12.8. The summed E-state index contributed by atoms with van der Waals surface area (Å²) in [5.74, 6) is 0.240. The molecule has 1 saturated heterocycles. The predicted molar refractivity (Wildman–Crippen MR) is 119 cm³/mol. The number of rotatable bonds is 7. The summed E-state index contributed by atoms with van der Waals surface area (Å²) in [6.07, 6.45) is 2.69. The van der Waals surface area contributed by atoms with Crippen LogP contribution >= 0.6 is 11.6 Å². The van der Waals surface area contributed by atoms with E-state index in [9.17, 15) is 14.4 Å². The third-order valence-electron chi connectivity index (χ3n) is 5.41. The molecule has 0 saturated carbocycles. The van der Waals surface area contributed by atoms with E-state index in [2.05, 4.69) is 5.32 Å². The number of hydrogen-bond donors (Lipinski definition) is 1. The second-order valence-corrected chi connectivity index (χ2v) is 8.16. The summed E-state index contributed by atoms with van der Waals surface area (Å²) in [5, 5.41) is 3.70. The zero-order chi connectivity index (χ0) is 22.2. The van der Waals surface area contributed by atoms with Gasteiger partial charge in [-0.1, -0.05) is 35.9 Å². The average molecular weight is 443 g/mol. The Morgan fingerprint density at radius 1 is 1.10 bits per heavy atom. The van der Waals surface area contributed by atoms with Crippen LogP contribution in [0.2, 0.25) is 5.02 Å². The molecule has 7 heteroatoms. The van der Waals surface area contributed by atoms with Crippen molar-refractivity contribution < 1.29 is 19.1 Å². The summed E-state index contributed by atoms with van der Waals surface area (Å²) < 4.78 is 5.06. The first-order valence-corrected chi connectivity index (χ1v) is 10.9.